The minimum absolute atomic E-state index is 0. The van der Waals surface area contributed by atoms with Gasteiger partial charge in [0.1, 0.15) is 34.9 Å². The molecule has 0 spiro atoms. The van der Waals surface area contributed by atoms with E-state index in [2.05, 4.69) is 15.9 Å². The summed E-state index contributed by atoms with van der Waals surface area (Å²) in [6.07, 6.45) is 2.56. The third kappa shape index (κ3) is 12.7. The second-order valence-corrected chi connectivity index (χ2v) is 9.16. The first kappa shape index (κ1) is 38.0. The summed E-state index contributed by atoms with van der Waals surface area (Å²) >= 11 is 19.0. The molecule has 3 aromatic carbocycles. The Labute approximate surface area is 251 Å². The van der Waals surface area contributed by atoms with Crippen molar-refractivity contribution in [2.24, 2.45) is 0 Å². The lowest BCUT2D eigenvalue weighted by Gasteiger charge is -1.99. The molecular weight excluding hydrogens is 675 g/mol. The number of halogens is 10. The van der Waals surface area contributed by atoms with Gasteiger partial charge in [-0.2, -0.15) is 0 Å². The summed E-state index contributed by atoms with van der Waals surface area (Å²) in [7, 11) is 0. The van der Waals surface area contributed by atoms with Crippen molar-refractivity contribution in [2.75, 3.05) is 13.2 Å². The maximum Gasteiger partial charge on any atom is 0.338 e. The molecule has 0 aromatic heterocycles. The largest absolute Gasteiger partial charge is 0.478 e. The molecular formula is C25H20BBrCl3F6O4. The number of aromatic carboxylic acids is 1. The van der Waals surface area contributed by atoms with Gasteiger partial charge < -0.3 is 14.9 Å². The van der Waals surface area contributed by atoms with Gasteiger partial charge in [-0.05, 0) is 31.0 Å². The quantitative estimate of drug-likeness (QED) is 0.125. The standard InChI is InChI=1S/C7H4BrClF2.C7H3ClF2O2.C7H5ClF2O.C4H8O.B/c8-3-4-1-5(9)7(11)2-6(4)10;8-4-1-3(7(11)12)5(9)2-6(4)10;8-5-1-4(3-11)6(9)2-7(5)10;1-2-4-5-3-1;/h1-2H,3H2;1-2H,(H,11,12);1-2,11H,3H2;1-4H2;. The molecule has 3 aromatic rings. The lowest BCUT2D eigenvalue weighted by molar-refractivity contribution is 0.0691. The van der Waals surface area contributed by atoms with E-state index >= 15 is 0 Å². The van der Waals surface area contributed by atoms with Crippen LogP contribution in [0.25, 0.3) is 0 Å². The summed E-state index contributed by atoms with van der Waals surface area (Å²) in [6, 6.07) is 4.92. The van der Waals surface area contributed by atoms with Crippen molar-refractivity contribution in [3.8, 4) is 0 Å². The van der Waals surface area contributed by atoms with E-state index in [0.717, 1.165) is 31.4 Å². The summed E-state index contributed by atoms with van der Waals surface area (Å²) in [6.45, 7) is 1.52. The molecule has 0 aliphatic carbocycles. The fraction of sp³-hybridized carbons (Fsp3) is 0.240. The van der Waals surface area contributed by atoms with Gasteiger partial charge in [-0.25, -0.2) is 31.1 Å². The average Bonchev–Trinajstić information content (AvgIpc) is 3.47. The zero-order valence-electron chi connectivity index (χ0n) is 20.3. The molecule has 1 aliphatic heterocycles. The number of alkyl halides is 1. The number of carboxylic acid groups (broad SMARTS) is 1. The van der Waals surface area contributed by atoms with Gasteiger partial charge in [0.15, 0.2) is 0 Å². The van der Waals surface area contributed by atoms with E-state index in [1.54, 1.807) is 0 Å². The molecule has 1 aliphatic rings. The molecule has 40 heavy (non-hydrogen) atoms. The lowest BCUT2D eigenvalue weighted by atomic mass is 10.2. The van der Waals surface area contributed by atoms with Gasteiger partial charge in [0.25, 0.3) is 0 Å². The first-order valence-corrected chi connectivity index (χ1v) is 13.0. The summed E-state index contributed by atoms with van der Waals surface area (Å²) in [5.74, 6) is -6.49. The number of benzene rings is 3. The second-order valence-electron chi connectivity index (χ2n) is 7.38. The molecule has 4 nitrogen and oxygen atoms in total. The van der Waals surface area contributed by atoms with Crippen LogP contribution in [0.5, 0.6) is 0 Å². The number of hydrogen-bond donors (Lipinski definition) is 2. The Morgan fingerprint density at radius 1 is 0.725 bits per heavy atom. The molecule has 0 atom stereocenters. The van der Waals surface area contributed by atoms with E-state index in [9.17, 15) is 31.1 Å². The third-order valence-electron chi connectivity index (χ3n) is 4.56. The normalized spacial score (nSPS) is 11.6. The molecule has 2 N–H and O–H groups in total. The molecule has 15 heteroatoms. The maximum absolute atomic E-state index is 12.7. The number of rotatable bonds is 3. The third-order valence-corrected chi connectivity index (χ3v) is 6.03. The van der Waals surface area contributed by atoms with Crippen LogP contribution in [-0.4, -0.2) is 37.8 Å². The SMILES string of the molecule is C1CCOC1.Fc1cc(F)c(CBr)cc1Cl.O=C(O)c1cc(Cl)c(F)cc1F.OCc1cc(Cl)c(F)cc1F.[B]. The Morgan fingerprint density at radius 2 is 1.12 bits per heavy atom. The zero-order chi connectivity index (χ0) is 29.7. The van der Waals surface area contributed by atoms with Gasteiger partial charge in [0.05, 0.1) is 27.2 Å². The highest BCUT2D eigenvalue weighted by Crippen LogP contribution is 2.21. The van der Waals surface area contributed by atoms with Crippen molar-refractivity contribution in [3.63, 3.8) is 0 Å². The molecule has 3 radical (unpaired) electrons. The Balaban J connectivity index is 0.000000519. The smallest absolute Gasteiger partial charge is 0.338 e. The molecule has 1 fully saturated rings. The molecule has 1 heterocycles. The molecule has 0 saturated carbocycles. The predicted molar refractivity (Wildman–Crippen MR) is 145 cm³/mol. The second kappa shape index (κ2) is 19.2. The van der Waals surface area contributed by atoms with Gasteiger partial charge in [-0.3, -0.25) is 0 Å². The number of carbonyl (C=O) groups is 1. The summed E-state index contributed by atoms with van der Waals surface area (Å²) in [4.78, 5) is 10.3. The summed E-state index contributed by atoms with van der Waals surface area (Å²) in [5, 5.41) is 16.6. The highest BCUT2D eigenvalue weighted by Gasteiger charge is 2.13. The van der Waals surface area contributed by atoms with E-state index in [4.69, 9.17) is 49.8 Å². The van der Waals surface area contributed by atoms with Crippen molar-refractivity contribution in [3.05, 3.63) is 103 Å². The predicted octanol–water partition coefficient (Wildman–Crippen LogP) is 8.36. The van der Waals surface area contributed by atoms with Gasteiger partial charge in [0.2, 0.25) is 0 Å². The van der Waals surface area contributed by atoms with Crippen molar-refractivity contribution in [1.82, 2.24) is 0 Å². The van der Waals surface area contributed by atoms with Gasteiger partial charge >= 0.3 is 5.97 Å². The number of aliphatic hydroxyl groups excluding tert-OH is 1. The molecule has 0 amide bonds. The topological polar surface area (TPSA) is 66.8 Å². The van der Waals surface area contributed by atoms with Crippen LogP contribution in [0.2, 0.25) is 15.1 Å². The summed E-state index contributed by atoms with van der Waals surface area (Å²) < 4.78 is 80.2. The minimum Gasteiger partial charge on any atom is -0.478 e. The van der Waals surface area contributed by atoms with E-state index < -0.39 is 58.1 Å². The molecule has 4 rings (SSSR count). The van der Waals surface area contributed by atoms with Gasteiger partial charge in [0, 0.05) is 56.3 Å². The first-order chi connectivity index (χ1) is 18.3. The van der Waals surface area contributed by atoms with Crippen molar-refractivity contribution in [2.45, 2.75) is 24.8 Å². The van der Waals surface area contributed by atoms with Crippen molar-refractivity contribution in [1.29, 1.82) is 0 Å². The van der Waals surface area contributed by atoms with Crippen molar-refractivity contribution < 1.29 is 46.1 Å². The van der Waals surface area contributed by atoms with Crippen LogP contribution in [-0.2, 0) is 16.7 Å². The van der Waals surface area contributed by atoms with E-state index in [1.807, 2.05) is 0 Å². The number of ether oxygens (including phenoxy) is 1. The number of carboxylic acids is 1. The molecule has 0 bridgehead atoms. The fourth-order valence-corrected chi connectivity index (χ4v) is 3.51. The Bertz CT molecular complexity index is 1200. The number of hydrogen-bond acceptors (Lipinski definition) is 3. The first-order valence-electron chi connectivity index (χ1n) is 10.7. The minimum atomic E-state index is -1.48. The van der Waals surface area contributed by atoms with Crippen LogP contribution in [0.1, 0.15) is 34.3 Å². The highest BCUT2D eigenvalue weighted by molar-refractivity contribution is 9.08. The van der Waals surface area contributed by atoms with Crippen LogP contribution in [0.4, 0.5) is 26.3 Å². The zero-order valence-corrected chi connectivity index (χ0v) is 24.1. The van der Waals surface area contributed by atoms with E-state index in [-0.39, 0.29) is 24.0 Å². The van der Waals surface area contributed by atoms with Crippen molar-refractivity contribution >= 4 is 65.1 Å². The van der Waals surface area contributed by atoms with Crippen LogP contribution < -0.4 is 0 Å². The Morgan fingerprint density at radius 3 is 1.50 bits per heavy atom. The Kier molecular flexibility index (Phi) is 18.3. The average molecular weight is 695 g/mol. The fourth-order valence-electron chi connectivity index (χ4n) is 2.55. The lowest BCUT2D eigenvalue weighted by Crippen LogP contribution is -2.01. The van der Waals surface area contributed by atoms with Crippen LogP contribution in [0, 0.1) is 34.9 Å². The van der Waals surface area contributed by atoms with Gasteiger partial charge in [-0.15, -0.1) is 0 Å². The molecule has 217 valence electrons. The van der Waals surface area contributed by atoms with E-state index in [0.29, 0.717) is 23.0 Å². The monoisotopic (exact) mass is 693 g/mol. The summed E-state index contributed by atoms with van der Waals surface area (Å²) in [5.41, 5.74) is -0.283. The van der Waals surface area contributed by atoms with Gasteiger partial charge in [-0.1, -0.05) is 50.7 Å². The van der Waals surface area contributed by atoms with E-state index in [1.165, 1.54) is 18.9 Å². The molecule has 0 unspecified atom stereocenters. The molecule has 1 saturated heterocycles. The highest BCUT2D eigenvalue weighted by atomic mass is 79.9. The van der Waals surface area contributed by atoms with Crippen LogP contribution in [0.15, 0.2) is 36.4 Å². The maximum atomic E-state index is 12.7. The van der Waals surface area contributed by atoms with Crippen LogP contribution >= 0.6 is 50.7 Å². The number of aliphatic hydroxyl groups is 1. The van der Waals surface area contributed by atoms with Crippen LogP contribution in [0.3, 0.4) is 0 Å². The Hall–Kier alpha value is -1.96.